The minimum absolute atomic E-state index is 0.0326. The highest BCUT2D eigenvalue weighted by molar-refractivity contribution is 9.10. The number of hydrogen-bond acceptors (Lipinski definition) is 3. The summed E-state index contributed by atoms with van der Waals surface area (Å²) in [7, 11) is -3.56. The highest BCUT2D eigenvalue weighted by Crippen LogP contribution is 2.15. The Morgan fingerprint density at radius 2 is 1.82 bits per heavy atom. The van der Waals surface area contributed by atoms with Gasteiger partial charge in [-0.15, -0.1) is 0 Å². The van der Waals surface area contributed by atoms with Gasteiger partial charge in [-0.1, -0.05) is 29.8 Å². The Morgan fingerprint density at radius 3 is 2.24 bits per heavy atom. The van der Waals surface area contributed by atoms with Crippen LogP contribution in [0.2, 0.25) is 0 Å². The highest BCUT2D eigenvalue weighted by Gasteiger charge is 2.21. The second kappa shape index (κ2) is 5.95. The predicted octanol–water partition coefficient (Wildman–Crippen LogP) is 1.74. The van der Waals surface area contributed by atoms with Crippen LogP contribution >= 0.6 is 15.9 Å². The van der Waals surface area contributed by atoms with Crippen molar-refractivity contribution in [2.24, 2.45) is 5.92 Å². The zero-order valence-corrected chi connectivity index (χ0v) is 12.1. The smallest absolute Gasteiger partial charge is 0.240 e. The highest BCUT2D eigenvalue weighted by atomic mass is 79.9. The molecule has 0 aliphatic carbocycles. The van der Waals surface area contributed by atoms with Gasteiger partial charge in [-0.2, -0.15) is 0 Å². The monoisotopic (exact) mass is 321 g/mol. The molecule has 2 N–H and O–H groups in total. The first-order valence-corrected chi connectivity index (χ1v) is 7.53. The Morgan fingerprint density at radius 1 is 1.29 bits per heavy atom. The van der Waals surface area contributed by atoms with Crippen LogP contribution in [-0.2, 0) is 10.0 Å². The summed E-state index contributed by atoms with van der Waals surface area (Å²) >= 11 is 3.24. The number of sulfonamides is 1. The summed E-state index contributed by atoms with van der Waals surface area (Å²) in [6.45, 7) is 3.49. The van der Waals surface area contributed by atoms with Crippen LogP contribution < -0.4 is 4.72 Å². The molecule has 1 atom stereocenters. The van der Waals surface area contributed by atoms with Crippen LogP contribution in [0.1, 0.15) is 13.8 Å². The van der Waals surface area contributed by atoms with Gasteiger partial charge in [0.25, 0.3) is 0 Å². The van der Waals surface area contributed by atoms with Crippen molar-refractivity contribution in [3.8, 4) is 0 Å². The van der Waals surface area contributed by atoms with E-state index in [-0.39, 0.29) is 17.4 Å². The predicted molar refractivity (Wildman–Crippen MR) is 70.2 cm³/mol. The first kappa shape index (κ1) is 14.6. The molecule has 17 heavy (non-hydrogen) atoms. The molecule has 0 saturated heterocycles. The first-order valence-electron chi connectivity index (χ1n) is 5.25. The lowest BCUT2D eigenvalue weighted by Crippen LogP contribution is -2.41. The van der Waals surface area contributed by atoms with Gasteiger partial charge in [-0.3, -0.25) is 0 Å². The molecule has 0 aliphatic rings. The molecule has 0 spiro atoms. The van der Waals surface area contributed by atoms with E-state index in [9.17, 15) is 8.42 Å². The lowest BCUT2D eigenvalue weighted by Gasteiger charge is -2.19. The van der Waals surface area contributed by atoms with Crippen molar-refractivity contribution in [2.45, 2.75) is 24.8 Å². The molecule has 6 heteroatoms. The van der Waals surface area contributed by atoms with E-state index in [1.54, 1.807) is 12.1 Å². The molecule has 0 amide bonds. The van der Waals surface area contributed by atoms with E-state index in [1.807, 2.05) is 13.8 Å². The number of aliphatic hydroxyl groups is 1. The van der Waals surface area contributed by atoms with E-state index in [0.717, 1.165) is 4.47 Å². The Bertz CT molecular complexity index is 456. The van der Waals surface area contributed by atoms with Crippen molar-refractivity contribution in [1.29, 1.82) is 0 Å². The van der Waals surface area contributed by atoms with Gasteiger partial charge in [0.15, 0.2) is 0 Å². The summed E-state index contributed by atoms with van der Waals surface area (Å²) in [5.41, 5.74) is 0. The molecule has 0 aliphatic heterocycles. The third kappa shape index (κ3) is 4.06. The normalized spacial score (nSPS) is 13.9. The Balaban J connectivity index is 2.92. The molecule has 0 fully saturated rings. The fourth-order valence-electron chi connectivity index (χ4n) is 1.27. The molecule has 0 heterocycles. The zero-order chi connectivity index (χ0) is 13.1. The summed E-state index contributed by atoms with van der Waals surface area (Å²) < 4.78 is 27.3. The Labute approximate surface area is 110 Å². The summed E-state index contributed by atoms with van der Waals surface area (Å²) in [6, 6.07) is 5.89. The van der Waals surface area contributed by atoms with Gasteiger partial charge in [0, 0.05) is 10.5 Å². The summed E-state index contributed by atoms with van der Waals surface area (Å²) in [5.74, 6) is 0.0326. The number of halogens is 1. The van der Waals surface area contributed by atoms with E-state index in [2.05, 4.69) is 20.7 Å². The van der Waals surface area contributed by atoms with Crippen LogP contribution in [0.15, 0.2) is 33.6 Å². The van der Waals surface area contributed by atoms with Gasteiger partial charge in [-0.25, -0.2) is 13.1 Å². The lowest BCUT2D eigenvalue weighted by atomic mass is 10.1. The minimum atomic E-state index is -3.56. The number of aliphatic hydroxyl groups excluding tert-OH is 1. The summed E-state index contributed by atoms with van der Waals surface area (Å²) in [6.07, 6.45) is 0. The van der Waals surface area contributed by atoms with Gasteiger partial charge in [0.05, 0.1) is 11.5 Å². The second-order valence-corrected chi connectivity index (χ2v) is 6.74. The average molecular weight is 322 g/mol. The molecule has 0 radical (unpaired) electrons. The molecule has 0 aromatic heterocycles. The number of nitrogens with one attached hydrogen (secondary N) is 1. The first-order chi connectivity index (χ1) is 7.86. The molecular weight excluding hydrogens is 306 g/mol. The topological polar surface area (TPSA) is 66.4 Å². The largest absolute Gasteiger partial charge is 0.395 e. The van der Waals surface area contributed by atoms with Gasteiger partial charge in [0.2, 0.25) is 10.0 Å². The van der Waals surface area contributed by atoms with Crippen molar-refractivity contribution in [1.82, 2.24) is 4.72 Å². The average Bonchev–Trinajstić information content (AvgIpc) is 2.26. The Kier molecular flexibility index (Phi) is 5.12. The fraction of sp³-hybridized carbons (Fsp3) is 0.455. The third-order valence-corrected chi connectivity index (χ3v) is 4.47. The maximum atomic E-state index is 12.0. The van der Waals surface area contributed by atoms with Crippen LogP contribution in [0, 0.1) is 5.92 Å². The van der Waals surface area contributed by atoms with Gasteiger partial charge >= 0.3 is 0 Å². The van der Waals surface area contributed by atoms with Crippen molar-refractivity contribution < 1.29 is 13.5 Å². The van der Waals surface area contributed by atoms with Crippen LogP contribution in [0.5, 0.6) is 0 Å². The number of hydrogen-bond donors (Lipinski definition) is 2. The van der Waals surface area contributed by atoms with Crippen LogP contribution in [-0.4, -0.2) is 26.2 Å². The molecule has 1 rings (SSSR count). The molecule has 1 unspecified atom stereocenters. The van der Waals surface area contributed by atoms with E-state index in [1.165, 1.54) is 12.1 Å². The lowest BCUT2D eigenvalue weighted by molar-refractivity contribution is 0.227. The molecule has 4 nitrogen and oxygen atoms in total. The third-order valence-electron chi connectivity index (χ3n) is 2.43. The standard InChI is InChI=1S/C11H16BrNO3S/c1-8(2)11(7-14)13-17(15,16)10-5-3-9(12)4-6-10/h3-6,8,11,13-14H,7H2,1-2H3. The van der Waals surface area contributed by atoms with Crippen LogP contribution in [0.3, 0.4) is 0 Å². The molecule has 0 bridgehead atoms. The second-order valence-electron chi connectivity index (χ2n) is 4.11. The van der Waals surface area contributed by atoms with Crippen molar-refractivity contribution in [2.75, 3.05) is 6.61 Å². The van der Waals surface area contributed by atoms with Crippen LogP contribution in [0.25, 0.3) is 0 Å². The maximum absolute atomic E-state index is 12.0. The Hall–Kier alpha value is -0.430. The van der Waals surface area contributed by atoms with Gasteiger partial charge in [0.1, 0.15) is 0 Å². The van der Waals surface area contributed by atoms with Gasteiger partial charge < -0.3 is 5.11 Å². The van der Waals surface area contributed by atoms with Crippen LogP contribution in [0.4, 0.5) is 0 Å². The SMILES string of the molecule is CC(C)C(CO)NS(=O)(=O)c1ccc(Br)cc1. The summed E-state index contributed by atoms with van der Waals surface area (Å²) in [4.78, 5) is 0.194. The van der Waals surface area contributed by atoms with E-state index < -0.39 is 16.1 Å². The molecule has 1 aromatic carbocycles. The summed E-state index contributed by atoms with van der Waals surface area (Å²) in [5, 5.41) is 9.12. The maximum Gasteiger partial charge on any atom is 0.240 e. The minimum Gasteiger partial charge on any atom is -0.395 e. The molecule has 0 saturated carbocycles. The van der Waals surface area contributed by atoms with E-state index >= 15 is 0 Å². The van der Waals surface area contributed by atoms with Crippen molar-refractivity contribution >= 4 is 26.0 Å². The number of benzene rings is 1. The van der Waals surface area contributed by atoms with Gasteiger partial charge in [-0.05, 0) is 30.2 Å². The van der Waals surface area contributed by atoms with E-state index in [0.29, 0.717) is 0 Å². The molecule has 96 valence electrons. The van der Waals surface area contributed by atoms with Crippen molar-refractivity contribution in [3.05, 3.63) is 28.7 Å². The van der Waals surface area contributed by atoms with E-state index in [4.69, 9.17) is 5.11 Å². The molecule has 1 aromatic rings. The molecular formula is C11H16BrNO3S. The zero-order valence-electron chi connectivity index (χ0n) is 9.72. The number of rotatable bonds is 5. The van der Waals surface area contributed by atoms with Crippen molar-refractivity contribution in [3.63, 3.8) is 0 Å². The quantitative estimate of drug-likeness (QED) is 0.868. The fourth-order valence-corrected chi connectivity index (χ4v) is 2.91.